The van der Waals surface area contributed by atoms with Crippen LogP contribution in [0.15, 0.2) is 24.3 Å². The van der Waals surface area contributed by atoms with Crippen LogP contribution < -0.4 is 10.6 Å². The summed E-state index contributed by atoms with van der Waals surface area (Å²) in [6.45, 7) is 6.35. The zero-order valence-corrected chi connectivity index (χ0v) is 18.0. The van der Waals surface area contributed by atoms with E-state index in [0.717, 1.165) is 32.4 Å². The molecule has 2 N–H and O–H groups in total. The van der Waals surface area contributed by atoms with Crippen LogP contribution >= 0.6 is 0 Å². The summed E-state index contributed by atoms with van der Waals surface area (Å²) in [5.74, 6) is 0.0518. The van der Waals surface area contributed by atoms with Crippen molar-refractivity contribution in [2.45, 2.75) is 57.9 Å². The van der Waals surface area contributed by atoms with Gasteiger partial charge in [-0.05, 0) is 69.7 Å². The summed E-state index contributed by atoms with van der Waals surface area (Å²) in [7, 11) is 0. The molecule has 0 aliphatic carbocycles. The van der Waals surface area contributed by atoms with E-state index in [1.807, 2.05) is 0 Å². The van der Waals surface area contributed by atoms with Crippen molar-refractivity contribution >= 4 is 17.6 Å². The van der Waals surface area contributed by atoms with Gasteiger partial charge in [0.1, 0.15) is 5.82 Å². The third-order valence-electron chi connectivity index (χ3n) is 6.32. The standard InChI is InChI=1S/C23H35FN4O2/c1-18-6-2-3-13-27(18)15-12-25-22(29)11-10-19-7-5-14-28(17-19)23(30)26-21-9-4-8-20(24)16-21/h4,8-9,16,18-19H,2-3,5-7,10-15,17H2,1H3,(H,25,29)(H,26,30)/t18-,19-/m0/s1. The number of halogens is 1. The molecule has 2 fully saturated rings. The van der Waals surface area contributed by atoms with Crippen molar-refractivity contribution in [1.29, 1.82) is 0 Å². The Bertz CT molecular complexity index is 714. The summed E-state index contributed by atoms with van der Waals surface area (Å²) >= 11 is 0. The Morgan fingerprint density at radius 3 is 2.83 bits per heavy atom. The molecule has 0 saturated carbocycles. The molecule has 30 heavy (non-hydrogen) atoms. The largest absolute Gasteiger partial charge is 0.355 e. The molecule has 1 aromatic rings. The van der Waals surface area contributed by atoms with Crippen molar-refractivity contribution in [3.63, 3.8) is 0 Å². The predicted molar refractivity (Wildman–Crippen MR) is 117 cm³/mol. The minimum Gasteiger partial charge on any atom is -0.355 e. The molecule has 166 valence electrons. The van der Waals surface area contributed by atoms with E-state index in [1.165, 1.54) is 31.4 Å². The van der Waals surface area contributed by atoms with Crippen LogP contribution in [0.25, 0.3) is 0 Å². The molecule has 2 aliphatic rings. The highest BCUT2D eigenvalue weighted by Gasteiger charge is 2.24. The molecule has 2 aliphatic heterocycles. The van der Waals surface area contributed by atoms with E-state index >= 15 is 0 Å². The molecule has 3 amide bonds. The van der Waals surface area contributed by atoms with Gasteiger partial charge in [0.05, 0.1) is 0 Å². The van der Waals surface area contributed by atoms with E-state index in [1.54, 1.807) is 17.0 Å². The molecule has 7 heteroatoms. The van der Waals surface area contributed by atoms with Crippen LogP contribution in [-0.4, -0.2) is 60.5 Å². The Morgan fingerprint density at radius 1 is 1.17 bits per heavy atom. The average Bonchev–Trinajstić information content (AvgIpc) is 2.74. The van der Waals surface area contributed by atoms with Crippen molar-refractivity contribution in [1.82, 2.24) is 15.1 Å². The number of urea groups is 1. The number of carbonyl (C=O) groups excluding carboxylic acids is 2. The lowest BCUT2D eigenvalue weighted by Crippen LogP contribution is -2.43. The Morgan fingerprint density at radius 2 is 2.03 bits per heavy atom. The maximum Gasteiger partial charge on any atom is 0.321 e. The molecule has 0 aromatic heterocycles. The summed E-state index contributed by atoms with van der Waals surface area (Å²) < 4.78 is 13.3. The van der Waals surface area contributed by atoms with E-state index in [4.69, 9.17) is 0 Å². The monoisotopic (exact) mass is 418 g/mol. The van der Waals surface area contributed by atoms with Gasteiger partial charge in [-0.15, -0.1) is 0 Å². The van der Waals surface area contributed by atoms with Crippen LogP contribution in [0.3, 0.4) is 0 Å². The number of benzene rings is 1. The average molecular weight is 419 g/mol. The second-order valence-corrected chi connectivity index (χ2v) is 8.66. The maximum atomic E-state index is 13.3. The van der Waals surface area contributed by atoms with Crippen LogP contribution in [0, 0.1) is 11.7 Å². The van der Waals surface area contributed by atoms with Crippen molar-refractivity contribution < 1.29 is 14.0 Å². The van der Waals surface area contributed by atoms with Crippen molar-refractivity contribution in [3.05, 3.63) is 30.1 Å². The molecule has 0 radical (unpaired) electrons. The van der Waals surface area contributed by atoms with E-state index in [0.29, 0.717) is 43.7 Å². The summed E-state index contributed by atoms with van der Waals surface area (Å²) in [6, 6.07) is 6.33. The summed E-state index contributed by atoms with van der Waals surface area (Å²) in [5, 5.41) is 5.82. The third kappa shape index (κ3) is 6.97. The smallest absolute Gasteiger partial charge is 0.321 e. The number of nitrogens with zero attached hydrogens (tertiary/aromatic N) is 2. The van der Waals surface area contributed by atoms with Crippen LogP contribution in [0.2, 0.25) is 0 Å². The predicted octanol–water partition coefficient (Wildman–Crippen LogP) is 3.84. The fourth-order valence-electron chi connectivity index (χ4n) is 4.51. The molecule has 0 spiro atoms. The van der Waals surface area contributed by atoms with Gasteiger partial charge in [-0.1, -0.05) is 12.5 Å². The number of anilines is 1. The number of hydrogen-bond donors (Lipinski definition) is 2. The molecule has 1 aromatic carbocycles. The lowest BCUT2D eigenvalue weighted by Gasteiger charge is -2.33. The normalized spacial score (nSPS) is 22.5. The Kier molecular flexibility index (Phi) is 8.49. The molecule has 0 bridgehead atoms. The first kappa shape index (κ1) is 22.5. The third-order valence-corrected chi connectivity index (χ3v) is 6.32. The van der Waals surface area contributed by atoms with E-state index in [2.05, 4.69) is 22.5 Å². The minimum absolute atomic E-state index is 0.0981. The first-order valence-corrected chi connectivity index (χ1v) is 11.3. The summed E-state index contributed by atoms with van der Waals surface area (Å²) in [4.78, 5) is 29.0. The summed E-state index contributed by atoms with van der Waals surface area (Å²) in [6.07, 6.45) is 7.05. The Balaban J connectivity index is 1.35. The number of carbonyl (C=O) groups is 2. The molecule has 0 unspecified atom stereocenters. The fourth-order valence-corrected chi connectivity index (χ4v) is 4.51. The lowest BCUT2D eigenvalue weighted by molar-refractivity contribution is -0.121. The first-order valence-electron chi connectivity index (χ1n) is 11.3. The second-order valence-electron chi connectivity index (χ2n) is 8.66. The quantitative estimate of drug-likeness (QED) is 0.707. The van der Waals surface area contributed by atoms with Crippen molar-refractivity contribution in [3.8, 4) is 0 Å². The van der Waals surface area contributed by atoms with Gasteiger partial charge < -0.3 is 15.5 Å². The van der Waals surface area contributed by atoms with E-state index < -0.39 is 0 Å². The van der Waals surface area contributed by atoms with Gasteiger partial charge in [-0.25, -0.2) is 9.18 Å². The highest BCUT2D eigenvalue weighted by molar-refractivity contribution is 5.89. The van der Waals surface area contributed by atoms with E-state index in [9.17, 15) is 14.0 Å². The second kappa shape index (κ2) is 11.3. The van der Waals surface area contributed by atoms with Crippen molar-refractivity contribution in [2.24, 2.45) is 5.92 Å². The molecule has 6 nitrogen and oxygen atoms in total. The molecule has 2 atom stereocenters. The van der Waals surface area contributed by atoms with Crippen LogP contribution in [0.4, 0.5) is 14.9 Å². The zero-order chi connectivity index (χ0) is 21.3. The Labute approximate surface area is 179 Å². The van der Waals surface area contributed by atoms with Gasteiger partial charge in [0.15, 0.2) is 0 Å². The molecule has 2 heterocycles. The molecule has 2 saturated heterocycles. The molecule has 3 rings (SSSR count). The lowest BCUT2D eigenvalue weighted by atomic mass is 9.93. The number of hydrogen-bond acceptors (Lipinski definition) is 3. The van der Waals surface area contributed by atoms with Gasteiger partial charge in [0.2, 0.25) is 5.91 Å². The highest BCUT2D eigenvalue weighted by Crippen LogP contribution is 2.22. The van der Waals surface area contributed by atoms with Gasteiger partial charge in [0.25, 0.3) is 0 Å². The molecular weight excluding hydrogens is 383 g/mol. The van der Waals surface area contributed by atoms with Gasteiger partial charge >= 0.3 is 6.03 Å². The van der Waals surface area contributed by atoms with E-state index in [-0.39, 0.29) is 17.8 Å². The summed E-state index contributed by atoms with van der Waals surface area (Å²) in [5.41, 5.74) is 0.463. The fraction of sp³-hybridized carbons (Fsp3) is 0.652. The number of rotatable bonds is 7. The van der Waals surface area contributed by atoms with Crippen LogP contribution in [0.1, 0.15) is 51.9 Å². The van der Waals surface area contributed by atoms with Gasteiger partial charge in [0, 0.05) is 44.3 Å². The number of nitrogens with one attached hydrogen (secondary N) is 2. The minimum atomic E-state index is -0.370. The number of piperidine rings is 2. The highest BCUT2D eigenvalue weighted by atomic mass is 19.1. The molecular formula is C23H35FN4O2. The maximum absolute atomic E-state index is 13.3. The Hall–Kier alpha value is -2.15. The SMILES string of the molecule is C[C@H]1CCCCN1CCNC(=O)CC[C@@H]1CCCN(C(=O)Nc2cccc(F)c2)C1. The van der Waals surface area contributed by atoms with Gasteiger partial charge in [-0.3, -0.25) is 9.69 Å². The van der Waals surface area contributed by atoms with Crippen LogP contribution in [0.5, 0.6) is 0 Å². The van der Waals surface area contributed by atoms with Crippen molar-refractivity contribution in [2.75, 3.05) is 38.0 Å². The topological polar surface area (TPSA) is 64.7 Å². The van der Waals surface area contributed by atoms with Crippen LogP contribution in [-0.2, 0) is 4.79 Å². The van der Waals surface area contributed by atoms with Gasteiger partial charge in [-0.2, -0.15) is 0 Å². The number of amides is 3. The first-order chi connectivity index (χ1) is 14.5. The number of likely N-dealkylation sites (tertiary alicyclic amines) is 2. The zero-order valence-electron chi connectivity index (χ0n) is 18.0.